The van der Waals surface area contributed by atoms with Crippen LogP contribution in [0.15, 0.2) is 28.7 Å². The van der Waals surface area contributed by atoms with Crippen molar-refractivity contribution in [1.82, 2.24) is 4.90 Å². The van der Waals surface area contributed by atoms with Gasteiger partial charge in [-0.2, -0.15) is 0 Å². The molecule has 2 unspecified atom stereocenters. The van der Waals surface area contributed by atoms with Crippen molar-refractivity contribution in [3.63, 3.8) is 0 Å². The van der Waals surface area contributed by atoms with E-state index in [2.05, 4.69) is 58.9 Å². The summed E-state index contributed by atoms with van der Waals surface area (Å²) < 4.78 is 1.14. The Balaban J connectivity index is 2.21. The molecular formula is C14H21BrN2. The zero-order valence-corrected chi connectivity index (χ0v) is 12.2. The standard InChI is InChI=1S/C14H21BrN2/c1-10(2)9-17-7-6-13(16)14(17)11-4-3-5-12(15)8-11/h3-5,8,10,13-14H,6-7,9,16H2,1-2H3. The molecule has 3 heteroatoms. The van der Waals surface area contributed by atoms with Crippen molar-refractivity contribution in [2.45, 2.75) is 32.4 Å². The summed E-state index contributed by atoms with van der Waals surface area (Å²) in [4.78, 5) is 2.52. The fourth-order valence-electron chi connectivity index (χ4n) is 2.71. The quantitative estimate of drug-likeness (QED) is 0.928. The summed E-state index contributed by atoms with van der Waals surface area (Å²) in [6.45, 7) is 6.78. The summed E-state index contributed by atoms with van der Waals surface area (Å²) in [6, 6.07) is 9.20. The highest BCUT2D eigenvalue weighted by Gasteiger charge is 2.32. The van der Waals surface area contributed by atoms with Crippen LogP contribution in [-0.2, 0) is 0 Å². The molecule has 1 heterocycles. The van der Waals surface area contributed by atoms with Gasteiger partial charge in [0.25, 0.3) is 0 Å². The van der Waals surface area contributed by atoms with Gasteiger partial charge in [-0.05, 0) is 30.0 Å². The molecule has 0 aromatic heterocycles. The average molecular weight is 297 g/mol. The Labute approximate surface area is 112 Å². The smallest absolute Gasteiger partial charge is 0.0500 e. The fourth-order valence-corrected chi connectivity index (χ4v) is 3.12. The molecule has 94 valence electrons. The van der Waals surface area contributed by atoms with Crippen molar-refractivity contribution in [1.29, 1.82) is 0 Å². The molecule has 1 aromatic carbocycles. The second-order valence-corrected chi connectivity index (χ2v) is 6.26. The molecule has 0 radical (unpaired) electrons. The summed E-state index contributed by atoms with van der Waals surface area (Å²) in [7, 11) is 0. The number of likely N-dealkylation sites (tertiary alicyclic amines) is 1. The Bertz CT molecular complexity index is 378. The third-order valence-electron chi connectivity index (χ3n) is 3.34. The molecule has 1 aliphatic rings. The van der Waals surface area contributed by atoms with Crippen LogP contribution in [0.1, 0.15) is 31.9 Å². The van der Waals surface area contributed by atoms with Gasteiger partial charge in [0.1, 0.15) is 0 Å². The van der Waals surface area contributed by atoms with Crippen LogP contribution >= 0.6 is 15.9 Å². The van der Waals surface area contributed by atoms with E-state index < -0.39 is 0 Å². The molecule has 2 rings (SSSR count). The lowest BCUT2D eigenvalue weighted by Gasteiger charge is -2.28. The molecule has 2 nitrogen and oxygen atoms in total. The number of nitrogens with zero attached hydrogens (tertiary/aromatic N) is 1. The van der Waals surface area contributed by atoms with E-state index in [1.165, 1.54) is 5.56 Å². The third-order valence-corrected chi connectivity index (χ3v) is 3.83. The van der Waals surface area contributed by atoms with Crippen molar-refractivity contribution in [3.8, 4) is 0 Å². The molecule has 17 heavy (non-hydrogen) atoms. The largest absolute Gasteiger partial charge is 0.326 e. The topological polar surface area (TPSA) is 29.3 Å². The lowest BCUT2D eigenvalue weighted by Crippen LogP contribution is -2.33. The van der Waals surface area contributed by atoms with Crippen molar-refractivity contribution < 1.29 is 0 Å². The lowest BCUT2D eigenvalue weighted by molar-refractivity contribution is 0.221. The number of nitrogens with two attached hydrogens (primary N) is 1. The van der Waals surface area contributed by atoms with Gasteiger partial charge >= 0.3 is 0 Å². The first-order valence-corrected chi connectivity index (χ1v) is 7.12. The van der Waals surface area contributed by atoms with Crippen molar-refractivity contribution in [3.05, 3.63) is 34.3 Å². The maximum absolute atomic E-state index is 6.27. The second-order valence-electron chi connectivity index (χ2n) is 5.34. The van der Waals surface area contributed by atoms with Crippen molar-refractivity contribution >= 4 is 15.9 Å². The van der Waals surface area contributed by atoms with Crippen LogP contribution in [0.5, 0.6) is 0 Å². The van der Waals surface area contributed by atoms with Crippen LogP contribution in [-0.4, -0.2) is 24.0 Å². The number of benzene rings is 1. The van der Waals surface area contributed by atoms with Crippen molar-refractivity contribution in [2.75, 3.05) is 13.1 Å². The Kier molecular flexibility index (Phi) is 4.23. The molecule has 0 aliphatic carbocycles. The second kappa shape index (κ2) is 5.51. The fraction of sp³-hybridized carbons (Fsp3) is 0.571. The maximum Gasteiger partial charge on any atom is 0.0500 e. The highest BCUT2D eigenvalue weighted by molar-refractivity contribution is 9.10. The first-order chi connectivity index (χ1) is 8.08. The third kappa shape index (κ3) is 3.09. The molecule has 2 atom stereocenters. The highest BCUT2D eigenvalue weighted by Crippen LogP contribution is 2.32. The first kappa shape index (κ1) is 13.1. The molecule has 0 spiro atoms. The number of hydrogen-bond acceptors (Lipinski definition) is 2. The SMILES string of the molecule is CC(C)CN1CCC(N)C1c1cccc(Br)c1. The average Bonchev–Trinajstić information content (AvgIpc) is 2.59. The van der Waals surface area contributed by atoms with E-state index in [1.807, 2.05) is 0 Å². The van der Waals surface area contributed by atoms with Crippen LogP contribution in [0.25, 0.3) is 0 Å². The minimum atomic E-state index is 0.267. The van der Waals surface area contributed by atoms with Gasteiger partial charge in [-0.15, -0.1) is 0 Å². The molecule has 0 bridgehead atoms. The Hall–Kier alpha value is -0.380. The van der Waals surface area contributed by atoms with Crippen LogP contribution in [0.2, 0.25) is 0 Å². The summed E-state index contributed by atoms with van der Waals surface area (Å²) in [5, 5.41) is 0. The van der Waals surface area contributed by atoms with E-state index in [-0.39, 0.29) is 6.04 Å². The number of rotatable bonds is 3. The van der Waals surface area contributed by atoms with E-state index in [0.717, 1.165) is 24.0 Å². The molecule has 1 aliphatic heterocycles. The van der Waals surface area contributed by atoms with E-state index in [4.69, 9.17) is 5.73 Å². The predicted molar refractivity (Wildman–Crippen MR) is 75.9 cm³/mol. The number of hydrogen-bond donors (Lipinski definition) is 1. The zero-order chi connectivity index (χ0) is 12.4. The first-order valence-electron chi connectivity index (χ1n) is 6.33. The van der Waals surface area contributed by atoms with Crippen molar-refractivity contribution in [2.24, 2.45) is 11.7 Å². The van der Waals surface area contributed by atoms with E-state index in [1.54, 1.807) is 0 Å². The van der Waals surface area contributed by atoms with Gasteiger partial charge in [0.05, 0.1) is 0 Å². The van der Waals surface area contributed by atoms with Gasteiger partial charge in [0, 0.05) is 29.6 Å². The van der Waals surface area contributed by atoms with E-state index in [0.29, 0.717) is 12.0 Å². The molecule has 1 fully saturated rings. The van der Waals surface area contributed by atoms with Gasteiger partial charge in [-0.1, -0.05) is 41.9 Å². The monoisotopic (exact) mass is 296 g/mol. The van der Waals surface area contributed by atoms with Gasteiger partial charge in [-0.25, -0.2) is 0 Å². The lowest BCUT2D eigenvalue weighted by atomic mass is 10.0. The summed E-state index contributed by atoms with van der Waals surface area (Å²) >= 11 is 3.54. The Morgan fingerprint density at radius 1 is 1.47 bits per heavy atom. The van der Waals surface area contributed by atoms with Crippen LogP contribution in [0.4, 0.5) is 0 Å². The van der Waals surface area contributed by atoms with E-state index >= 15 is 0 Å². The van der Waals surface area contributed by atoms with Crippen LogP contribution < -0.4 is 5.73 Å². The predicted octanol–water partition coefficient (Wildman–Crippen LogP) is 3.18. The minimum absolute atomic E-state index is 0.267. The maximum atomic E-state index is 6.27. The molecule has 1 saturated heterocycles. The van der Waals surface area contributed by atoms with Gasteiger partial charge < -0.3 is 5.73 Å². The van der Waals surface area contributed by atoms with Gasteiger partial charge in [0.2, 0.25) is 0 Å². The van der Waals surface area contributed by atoms with Gasteiger partial charge in [0.15, 0.2) is 0 Å². The number of halogens is 1. The van der Waals surface area contributed by atoms with Crippen LogP contribution in [0, 0.1) is 5.92 Å². The Morgan fingerprint density at radius 3 is 2.88 bits per heavy atom. The summed E-state index contributed by atoms with van der Waals surface area (Å²) in [5.74, 6) is 0.690. The van der Waals surface area contributed by atoms with Gasteiger partial charge in [-0.3, -0.25) is 4.90 Å². The van der Waals surface area contributed by atoms with Crippen LogP contribution in [0.3, 0.4) is 0 Å². The molecular weight excluding hydrogens is 276 g/mol. The molecule has 1 aromatic rings. The Morgan fingerprint density at radius 2 is 2.24 bits per heavy atom. The minimum Gasteiger partial charge on any atom is -0.326 e. The molecule has 2 N–H and O–H groups in total. The summed E-state index contributed by atoms with van der Waals surface area (Å²) in [6.07, 6.45) is 1.10. The molecule has 0 amide bonds. The van der Waals surface area contributed by atoms with E-state index in [9.17, 15) is 0 Å². The highest BCUT2D eigenvalue weighted by atomic mass is 79.9. The summed E-state index contributed by atoms with van der Waals surface area (Å²) in [5.41, 5.74) is 7.61. The molecule has 0 saturated carbocycles. The zero-order valence-electron chi connectivity index (χ0n) is 10.6. The normalized spacial score (nSPS) is 25.7.